The molecule has 0 saturated carbocycles. The van der Waals surface area contributed by atoms with Crippen molar-refractivity contribution in [2.75, 3.05) is 11.9 Å². The number of nitrogens with zero attached hydrogens (tertiary/aromatic N) is 1. The first kappa shape index (κ1) is 21.7. The number of benzene rings is 1. The second-order valence-electron chi connectivity index (χ2n) is 6.55. The molecule has 2 heterocycles. The van der Waals surface area contributed by atoms with Gasteiger partial charge in [0.25, 0.3) is 0 Å². The fourth-order valence-electron chi connectivity index (χ4n) is 2.55. The first-order valence-electron chi connectivity index (χ1n) is 9.17. The summed E-state index contributed by atoms with van der Waals surface area (Å²) in [5, 5.41) is 17.9. The highest BCUT2D eigenvalue weighted by Gasteiger charge is 2.11. The molecular formula is C21H22N2O5S2. The third-order valence-electron chi connectivity index (χ3n) is 3.77. The van der Waals surface area contributed by atoms with Gasteiger partial charge in [0, 0.05) is 23.7 Å². The van der Waals surface area contributed by atoms with E-state index in [4.69, 9.17) is 14.6 Å². The van der Waals surface area contributed by atoms with Crippen molar-refractivity contribution in [2.45, 2.75) is 26.4 Å². The van der Waals surface area contributed by atoms with Gasteiger partial charge in [-0.25, -0.2) is 4.79 Å². The number of thiazole rings is 1. The second kappa shape index (κ2) is 10.1. The van der Waals surface area contributed by atoms with Crippen molar-refractivity contribution in [1.29, 1.82) is 0 Å². The first-order valence-corrected chi connectivity index (χ1v) is 11.0. The molecule has 0 bridgehead atoms. The number of ether oxygens (including phenoxy) is 3. The van der Waals surface area contributed by atoms with Gasteiger partial charge in [0.15, 0.2) is 5.13 Å². The fourth-order valence-corrected chi connectivity index (χ4v) is 3.89. The third kappa shape index (κ3) is 6.50. The minimum atomic E-state index is -1.41. The highest BCUT2D eigenvalue weighted by Crippen LogP contribution is 2.30. The van der Waals surface area contributed by atoms with Crippen molar-refractivity contribution in [1.82, 2.24) is 4.98 Å². The highest BCUT2D eigenvalue weighted by atomic mass is 32.1. The van der Waals surface area contributed by atoms with Gasteiger partial charge in [0.1, 0.15) is 11.5 Å². The molecular weight excluding hydrogens is 424 g/mol. The Morgan fingerprint density at radius 2 is 2.07 bits per heavy atom. The molecule has 0 spiro atoms. The SMILES string of the molecule is C=C(Nc1nc(OC(=O)O)cs1)c1cc(OCCc2ccsc2)cc(OC(C)C)c1. The summed E-state index contributed by atoms with van der Waals surface area (Å²) in [6.45, 7) is 8.52. The summed E-state index contributed by atoms with van der Waals surface area (Å²) in [5.41, 5.74) is 2.58. The van der Waals surface area contributed by atoms with E-state index in [9.17, 15) is 4.79 Å². The Labute approximate surface area is 182 Å². The summed E-state index contributed by atoms with van der Waals surface area (Å²) in [6.07, 6.45) is -0.582. The molecule has 0 aliphatic rings. The maximum absolute atomic E-state index is 10.6. The Hall–Kier alpha value is -3.04. The Balaban J connectivity index is 1.71. The molecule has 0 aliphatic heterocycles. The van der Waals surface area contributed by atoms with Gasteiger partial charge in [-0.15, -0.1) is 11.3 Å². The molecule has 158 valence electrons. The van der Waals surface area contributed by atoms with Crippen molar-refractivity contribution in [2.24, 2.45) is 0 Å². The lowest BCUT2D eigenvalue weighted by atomic mass is 10.1. The molecule has 1 aromatic carbocycles. The molecule has 3 aromatic rings. The fraction of sp³-hybridized carbons (Fsp3) is 0.238. The zero-order valence-corrected chi connectivity index (χ0v) is 18.2. The largest absolute Gasteiger partial charge is 0.512 e. The van der Waals surface area contributed by atoms with Crippen molar-refractivity contribution in [3.05, 3.63) is 58.1 Å². The number of nitrogens with one attached hydrogen (secondary N) is 1. The van der Waals surface area contributed by atoms with Gasteiger partial charge < -0.3 is 24.6 Å². The lowest BCUT2D eigenvalue weighted by molar-refractivity contribution is 0.143. The van der Waals surface area contributed by atoms with Crippen LogP contribution in [0.3, 0.4) is 0 Å². The molecule has 2 N–H and O–H groups in total. The second-order valence-corrected chi connectivity index (χ2v) is 8.19. The number of anilines is 1. The maximum Gasteiger partial charge on any atom is 0.512 e. The molecule has 0 radical (unpaired) electrons. The maximum atomic E-state index is 10.6. The van der Waals surface area contributed by atoms with Crippen LogP contribution in [0.25, 0.3) is 5.70 Å². The molecule has 0 saturated heterocycles. The van der Waals surface area contributed by atoms with Crippen LogP contribution in [0.15, 0.2) is 47.0 Å². The quantitative estimate of drug-likeness (QED) is 0.383. The van der Waals surface area contributed by atoms with E-state index in [0.717, 1.165) is 12.0 Å². The van der Waals surface area contributed by atoms with E-state index in [-0.39, 0.29) is 12.0 Å². The number of hydrogen-bond donors (Lipinski definition) is 2. The van der Waals surface area contributed by atoms with Crippen molar-refractivity contribution >= 4 is 39.7 Å². The highest BCUT2D eigenvalue weighted by molar-refractivity contribution is 7.14. The summed E-state index contributed by atoms with van der Waals surface area (Å²) in [7, 11) is 0. The van der Waals surface area contributed by atoms with Gasteiger partial charge in [-0.1, -0.05) is 6.58 Å². The molecule has 7 nitrogen and oxygen atoms in total. The molecule has 0 aliphatic carbocycles. The van der Waals surface area contributed by atoms with E-state index in [1.165, 1.54) is 22.3 Å². The van der Waals surface area contributed by atoms with Crippen LogP contribution in [-0.2, 0) is 6.42 Å². The van der Waals surface area contributed by atoms with Crippen molar-refractivity contribution < 1.29 is 24.1 Å². The van der Waals surface area contributed by atoms with E-state index in [1.807, 2.05) is 37.4 Å². The van der Waals surface area contributed by atoms with Crippen molar-refractivity contribution in [3.63, 3.8) is 0 Å². The molecule has 0 amide bonds. The van der Waals surface area contributed by atoms with Gasteiger partial charge in [-0.3, -0.25) is 0 Å². The standard InChI is InChI=1S/C21H22N2O5S2/c1-13(2)27-18-9-16(8-17(10-18)26-6-4-15-5-7-29-11-15)14(3)22-20-23-19(12-30-20)28-21(24)25/h5,7-13H,3-4,6H2,1-2H3,(H,22,23)(H,24,25). The minimum Gasteiger partial charge on any atom is -0.493 e. The van der Waals surface area contributed by atoms with Crippen LogP contribution < -0.4 is 19.5 Å². The minimum absolute atomic E-state index is 0.00909. The number of aromatic nitrogens is 1. The van der Waals surface area contributed by atoms with Crippen molar-refractivity contribution in [3.8, 4) is 17.4 Å². The number of hydrogen-bond acceptors (Lipinski definition) is 8. The number of carbonyl (C=O) groups is 1. The van der Waals surface area contributed by atoms with Gasteiger partial charge in [-0.2, -0.15) is 16.3 Å². The van der Waals surface area contributed by atoms with E-state index < -0.39 is 6.16 Å². The summed E-state index contributed by atoms with van der Waals surface area (Å²) in [4.78, 5) is 14.7. The zero-order chi connectivity index (χ0) is 21.5. The number of rotatable bonds is 10. The average molecular weight is 447 g/mol. The predicted octanol–water partition coefficient (Wildman–Crippen LogP) is 5.75. The normalized spacial score (nSPS) is 10.6. The zero-order valence-electron chi connectivity index (χ0n) is 16.6. The van der Waals surface area contributed by atoms with Gasteiger partial charge >= 0.3 is 6.16 Å². The number of thiophene rings is 1. The van der Waals surface area contributed by atoms with Crippen LogP contribution in [0, 0.1) is 0 Å². The van der Waals surface area contributed by atoms with Gasteiger partial charge in [0.2, 0.25) is 5.88 Å². The van der Waals surface area contributed by atoms with Crippen LogP contribution in [0.2, 0.25) is 0 Å². The molecule has 9 heteroatoms. The topological polar surface area (TPSA) is 89.9 Å². The van der Waals surface area contributed by atoms with E-state index in [1.54, 1.807) is 11.3 Å². The van der Waals surface area contributed by atoms with Crippen LogP contribution >= 0.6 is 22.7 Å². The van der Waals surface area contributed by atoms with Gasteiger partial charge in [-0.05, 0) is 48.4 Å². The van der Waals surface area contributed by atoms with Crippen LogP contribution in [0.1, 0.15) is 25.0 Å². The molecule has 0 fully saturated rings. The lowest BCUT2D eigenvalue weighted by Gasteiger charge is -2.15. The molecule has 0 unspecified atom stereocenters. The van der Waals surface area contributed by atoms with Crippen LogP contribution in [-0.4, -0.2) is 29.0 Å². The Kier molecular flexibility index (Phi) is 7.31. The van der Waals surface area contributed by atoms with Gasteiger partial charge in [0.05, 0.1) is 18.1 Å². The molecule has 2 aromatic heterocycles. The summed E-state index contributed by atoms with van der Waals surface area (Å²) < 4.78 is 16.3. The van der Waals surface area contributed by atoms with E-state index >= 15 is 0 Å². The summed E-state index contributed by atoms with van der Waals surface area (Å²) >= 11 is 2.88. The smallest absolute Gasteiger partial charge is 0.493 e. The third-order valence-corrected chi connectivity index (χ3v) is 5.24. The monoisotopic (exact) mass is 446 g/mol. The predicted molar refractivity (Wildman–Crippen MR) is 119 cm³/mol. The summed E-state index contributed by atoms with van der Waals surface area (Å²) in [6, 6.07) is 7.67. The average Bonchev–Trinajstić information content (AvgIpc) is 3.33. The Morgan fingerprint density at radius 1 is 1.27 bits per heavy atom. The first-order chi connectivity index (χ1) is 14.4. The molecule has 0 atom stereocenters. The summed E-state index contributed by atoms with van der Waals surface area (Å²) in [5.74, 6) is 1.36. The molecule has 3 rings (SSSR count). The van der Waals surface area contributed by atoms with E-state index in [2.05, 4.69) is 33.1 Å². The lowest BCUT2D eigenvalue weighted by Crippen LogP contribution is -2.07. The number of carboxylic acid groups (broad SMARTS) is 1. The van der Waals surface area contributed by atoms with Crippen LogP contribution in [0.4, 0.5) is 9.93 Å². The van der Waals surface area contributed by atoms with E-state index in [0.29, 0.717) is 28.9 Å². The van der Waals surface area contributed by atoms with Crippen LogP contribution in [0.5, 0.6) is 17.4 Å². The molecule has 30 heavy (non-hydrogen) atoms. The Morgan fingerprint density at radius 3 is 2.77 bits per heavy atom. The Bertz CT molecular complexity index is 999.